The monoisotopic (exact) mass is 375 g/mol. The zero-order valence-corrected chi connectivity index (χ0v) is 15.1. The van der Waals surface area contributed by atoms with E-state index in [4.69, 9.17) is 13.6 Å². The molecule has 140 valence electrons. The van der Waals surface area contributed by atoms with Gasteiger partial charge in [-0.15, -0.1) is 0 Å². The number of hydrogen-bond acceptors (Lipinski definition) is 5. The van der Waals surface area contributed by atoms with E-state index in [0.29, 0.717) is 22.4 Å². The molecule has 0 aliphatic heterocycles. The van der Waals surface area contributed by atoms with Crippen molar-refractivity contribution in [3.8, 4) is 17.3 Å². The Labute approximate surface area is 160 Å². The fourth-order valence-electron chi connectivity index (χ4n) is 2.86. The first-order chi connectivity index (χ1) is 13.6. The molecule has 0 spiro atoms. The third kappa shape index (κ3) is 3.40. The van der Waals surface area contributed by atoms with E-state index < -0.39 is 0 Å². The average Bonchev–Trinajstić information content (AvgIpc) is 3.23. The lowest BCUT2D eigenvalue weighted by atomic mass is 10.2. The van der Waals surface area contributed by atoms with Crippen LogP contribution in [0.5, 0.6) is 5.75 Å². The first-order valence-corrected chi connectivity index (χ1v) is 8.71. The number of ether oxygens (including phenoxy) is 1. The first-order valence-electron chi connectivity index (χ1n) is 8.71. The Morgan fingerprint density at radius 1 is 1.04 bits per heavy atom. The Hall–Kier alpha value is -3.80. The van der Waals surface area contributed by atoms with Crippen molar-refractivity contribution >= 4 is 22.6 Å². The zero-order chi connectivity index (χ0) is 19.5. The molecule has 4 aromatic rings. The molecule has 28 heavy (non-hydrogen) atoms. The summed E-state index contributed by atoms with van der Waals surface area (Å²) < 4.78 is 16.8. The Morgan fingerprint density at radius 2 is 1.82 bits per heavy atom. The van der Waals surface area contributed by atoms with Gasteiger partial charge in [-0.2, -0.15) is 0 Å². The molecular formula is C22H17NO5. The summed E-state index contributed by atoms with van der Waals surface area (Å²) in [7, 11) is 0. The molecule has 2 aromatic heterocycles. The molecule has 1 N–H and O–H groups in total. The Balaban J connectivity index is 1.65. The van der Waals surface area contributed by atoms with Gasteiger partial charge in [0.2, 0.25) is 16.9 Å². The molecule has 6 heteroatoms. The number of furan rings is 1. The predicted molar refractivity (Wildman–Crippen MR) is 105 cm³/mol. The smallest absolute Gasteiger partial charge is 0.262 e. The lowest BCUT2D eigenvalue weighted by Crippen LogP contribution is -2.23. The lowest BCUT2D eigenvalue weighted by Gasteiger charge is -2.11. The molecule has 0 unspecified atom stereocenters. The minimum Gasteiger partial charge on any atom is -0.476 e. The number of fused-ring (bicyclic) bond motifs is 1. The van der Waals surface area contributed by atoms with Crippen molar-refractivity contribution in [2.24, 2.45) is 0 Å². The normalized spacial score (nSPS) is 10.8. The van der Waals surface area contributed by atoms with Crippen molar-refractivity contribution in [3.63, 3.8) is 0 Å². The van der Waals surface area contributed by atoms with E-state index >= 15 is 0 Å². The van der Waals surface area contributed by atoms with Crippen LogP contribution >= 0.6 is 0 Å². The molecule has 0 aliphatic carbocycles. The molecule has 0 aliphatic rings. The van der Waals surface area contributed by atoms with Gasteiger partial charge in [0.25, 0.3) is 5.91 Å². The molecular weight excluding hydrogens is 358 g/mol. The standard InChI is InChI=1S/C22H17NO5/c1-14-7-2-4-9-16(14)23-19(24)13-27-22-20(25)15-8-3-5-10-17(15)28-21(22)18-11-6-12-26-18/h2-12H,13H2,1H3,(H,23,24). The third-order valence-corrected chi connectivity index (χ3v) is 4.27. The van der Waals surface area contributed by atoms with Gasteiger partial charge in [0.05, 0.1) is 11.6 Å². The Morgan fingerprint density at radius 3 is 2.61 bits per heavy atom. The van der Waals surface area contributed by atoms with Crippen LogP contribution in [0, 0.1) is 6.92 Å². The van der Waals surface area contributed by atoms with Crippen LogP contribution in [0.15, 0.2) is 80.6 Å². The Bertz CT molecular complexity index is 1190. The second kappa shape index (κ2) is 7.44. The molecule has 0 bridgehead atoms. The van der Waals surface area contributed by atoms with Crippen LogP contribution in [0.2, 0.25) is 0 Å². The summed E-state index contributed by atoms with van der Waals surface area (Å²) in [5, 5.41) is 3.14. The van der Waals surface area contributed by atoms with E-state index in [9.17, 15) is 9.59 Å². The molecule has 0 radical (unpaired) electrons. The van der Waals surface area contributed by atoms with Gasteiger partial charge < -0.3 is 18.9 Å². The van der Waals surface area contributed by atoms with E-state index in [2.05, 4.69) is 5.32 Å². The highest BCUT2D eigenvalue weighted by atomic mass is 16.5. The number of hydrogen-bond donors (Lipinski definition) is 1. The van der Waals surface area contributed by atoms with Crippen molar-refractivity contribution in [3.05, 3.63) is 82.7 Å². The van der Waals surface area contributed by atoms with E-state index in [0.717, 1.165) is 5.56 Å². The van der Waals surface area contributed by atoms with Crippen LogP contribution in [-0.4, -0.2) is 12.5 Å². The summed E-state index contributed by atoms with van der Waals surface area (Å²) in [5.41, 5.74) is 1.66. The van der Waals surface area contributed by atoms with Crippen LogP contribution in [-0.2, 0) is 4.79 Å². The van der Waals surface area contributed by atoms with Crippen molar-refractivity contribution in [2.75, 3.05) is 11.9 Å². The van der Waals surface area contributed by atoms with Gasteiger partial charge in [-0.05, 0) is 42.8 Å². The second-order valence-corrected chi connectivity index (χ2v) is 6.21. The SMILES string of the molecule is Cc1ccccc1NC(=O)COc1c(-c2ccco2)oc2ccccc2c1=O. The van der Waals surface area contributed by atoms with E-state index in [1.165, 1.54) is 6.26 Å². The van der Waals surface area contributed by atoms with E-state index in [1.54, 1.807) is 42.5 Å². The van der Waals surface area contributed by atoms with Crippen LogP contribution in [0.4, 0.5) is 5.69 Å². The molecule has 0 fully saturated rings. The van der Waals surface area contributed by atoms with Gasteiger partial charge in [0.1, 0.15) is 5.58 Å². The fraction of sp³-hybridized carbons (Fsp3) is 0.0909. The minimum atomic E-state index is -0.382. The summed E-state index contributed by atoms with van der Waals surface area (Å²) in [6, 6.07) is 17.6. The van der Waals surface area contributed by atoms with Crippen molar-refractivity contribution in [1.29, 1.82) is 0 Å². The second-order valence-electron chi connectivity index (χ2n) is 6.21. The summed E-state index contributed by atoms with van der Waals surface area (Å²) in [6.07, 6.45) is 1.47. The van der Waals surface area contributed by atoms with Gasteiger partial charge in [-0.25, -0.2) is 0 Å². The van der Waals surface area contributed by atoms with Crippen molar-refractivity contribution in [1.82, 2.24) is 0 Å². The number of carbonyl (C=O) groups excluding carboxylic acids is 1. The molecule has 0 saturated heterocycles. The van der Waals surface area contributed by atoms with E-state index in [-0.39, 0.29) is 29.5 Å². The number of aryl methyl sites for hydroxylation is 1. The molecule has 1 amide bonds. The summed E-state index contributed by atoms with van der Waals surface area (Å²) >= 11 is 0. The van der Waals surface area contributed by atoms with Crippen molar-refractivity contribution < 1.29 is 18.4 Å². The highest BCUT2D eigenvalue weighted by Crippen LogP contribution is 2.31. The summed E-state index contributed by atoms with van der Waals surface area (Å²) in [4.78, 5) is 25.2. The maximum absolute atomic E-state index is 12.9. The number of benzene rings is 2. The topological polar surface area (TPSA) is 81.7 Å². The maximum Gasteiger partial charge on any atom is 0.262 e. The van der Waals surface area contributed by atoms with Gasteiger partial charge in [-0.1, -0.05) is 30.3 Å². The van der Waals surface area contributed by atoms with Crippen LogP contribution < -0.4 is 15.5 Å². The summed E-state index contributed by atoms with van der Waals surface area (Å²) in [5.74, 6) is 0.0513. The zero-order valence-electron chi connectivity index (χ0n) is 15.1. The quantitative estimate of drug-likeness (QED) is 0.560. The number of anilines is 1. The molecule has 6 nitrogen and oxygen atoms in total. The number of carbonyl (C=O) groups is 1. The first kappa shape index (κ1) is 17.6. The third-order valence-electron chi connectivity index (χ3n) is 4.27. The van der Waals surface area contributed by atoms with Crippen LogP contribution in [0.25, 0.3) is 22.5 Å². The Kier molecular flexibility index (Phi) is 4.68. The largest absolute Gasteiger partial charge is 0.476 e. The number of para-hydroxylation sites is 2. The van der Waals surface area contributed by atoms with Gasteiger partial charge in [0.15, 0.2) is 12.4 Å². The summed E-state index contributed by atoms with van der Waals surface area (Å²) in [6.45, 7) is 1.55. The average molecular weight is 375 g/mol. The number of amides is 1. The maximum atomic E-state index is 12.9. The molecule has 2 heterocycles. The lowest BCUT2D eigenvalue weighted by molar-refractivity contribution is -0.118. The minimum absolute atomic E-state index is 0.0615. The number of nitrogens with one attached hydrogen (secondary N) is 1. The molecule has 2 aromatic carbocycles. The van der Waals surface area contributed by atoms with E-state index in [1.807, 2.05) is 25.1 Å². The van der Waals surface area contributed by atoms with Gasteiger partial charge >= 0.3 is 0 Å². The van der Waals surface area contributed by atoms with Gasteiger partial charge in [0, 0.05) is 5.69 Å². The molecule has 0 atom stereocenters. The molecule has 4 rings (SSSR count). The van der Waals surface area contributed by atoms with Gasteiger partial charge in [-0.3, -0.25) is 9.59 Å². The molecule has 0 saturated carbocycles. The highest BCUT2D eigenvalue weighted by molar-refractivity contribution is 5.92. The van der Waals surface area contributed by atoms with Crippen molar-refractivity contribution in [2.45, 2.75) is 6.92 Å². The predicted octanol–water partition coefficient (Wildman–Crippen LogP) is 4.38. The number of rotatable bonds is 5. The highest BCUT2D eigenvalue weighted by Gasteiger charge is 2.20. The van der Waals surface area contributed by atoms with Crippen LogP contribution in [0.1, 0.15) is 5.56 Å². The fourth-order valence-corrected chi connectivity index (χ4v) is 2.86. The van der Waals surface area contributed by atoms with Crippen LogP contribution in [0.3, 0.4) is 0 Å².